The summed E-state index contributed by atoms with van der Waals surface area (Å²) in [5.41, 5.74) is 0.862. The van der Waals surface area contributed by atoms with E-state index < -0.39 is 0 Å². The maximum atomic E-state index is 12.2. The number of amides is 1. The number of para-hydroxylation sites is 2. The Morgan fingerprint density at radius 2 is 2.00 bits per heavy atom. The number of carbonyl (C=O) groups excluding carboxylic acids is 1. The zero-order valence-electron chi connectivity index (χ0n) is 17.8. The van der Waals surface area contributed by atoms with E-state index in [9.17, 15) is 4.79 Å². The van der Waals surface area contributed by atoms with Gasteiger partial charge in [0, 0.05) is 39.3 Å². The van der Waals surface area contributed by atoms with Crippen LogP contribution in [0.15, 0.2) is 29.3 Å². The fourth-order valence-corrected chi connectivity index (χ4v) is 3.91. The van der Waals surface area contributed by atoms with E-state index in [1.54, 1.807) is 0 Å². The maximum Gasteiger partial charge on any atom is 0.265 e. The van der Waals surface area contributed by atoms with E-state index in [1.807, 2.05) is 36.2 Å². The molecule has 0 unspecified atom stereocenters. The second kappa shape index (κ2) is 11.0. The summed E-state index contributed by atoms with van der Waals surface area (Å²) in [5.74, 6) is 1.65. The van der Waals surface area contributed by atoms with Gasteiger partial charge in [-0.3, -0.25) is 9.79 Å². The first-order valence-corrected chi connectivity index (χ1v) is 10.9. The SMILES string of the molecule is CCCCN1CCC(NC(=NC)NCCCN2C(=O)COc3ccccc32)CC1. The number of nitrogens with one attached hydrogen (secondary N) is 2. The minimum absolute atomic E-state index is 0.0149. The molecule has 1 aromatic carbocycles. The molecule has 3 rings (SSSR count). The van der Waals surface area contributed by atoms with Crippen LogP contribution in [0.3, 0.4) is 0 Å². The van der Waals surface area contributed by atoms with Crippen LogP contribution in [0.1, 0.15) is 39.0 Å². The Morgan fingerprint density at radius 3 is 2.76 bits per heavy atom. The molecule has 7 nitrogen and oxygen atoms in total. The molecule has 1 saturated heterocycles. The molecule has 1 fully saturated rings. The van der Waals surface area contributed by atoms with Gasteiger partial charge in [-0.2, -0.15) is 0 Å². The third kappa shape index (κ3) is 6.10. The molecular formula is C22H35N5O2. The van der Waals surface area contributed by atoms with Gasteiger partial charge in [-0.15, -0.1) is 0 Å². The fraction of sp³-hybridized carbons (Fsp3) is 0.636. The largest absolute Gasteiger partial charge is 0.482 e. The summed E-state index contributed by atoms with van der Waals surface area (Å²) in [5, 5.41) is 6.95. The third-order valence-electron chi connectivity index (χ3n) is 5.64. The van der Waals surface area contributed by atoms with E-state index in [-0.39, 0.29) is 12.5 Å². The summed E-state index contributed by atoms with van der Waals surface area (Å²) in [6.07, 6.45) is 5.71. The van der Waals surface area contributed by atoms with Gasteiger partial charge in [-0.1, -0.05) is 25.5 Å². The van der Waals surface area contributed by atoms with Crippen molar-refractivity contribution in [1.82, 2.24) is 15.5 Å². The highest BCUT2D eigenvalue weighted by Crippen LogP contribution is 2.31. The van der Waals surface area contributed by atoms with Crippen LogP contribution in [0.5, 0.6) is 5.75 Å². The first-order valence-electron chi connectivity index (χ1n) is 10.9. The van der Waals surface area contributed by atoms with Crippen LogP contribution < -0.4 is 20.3 Å². The number of aliphatic imine (C=N–C) groups is 1. The van der Waals surface area contributed by atoms with Gasteiger partial charge in [-0.25, -0.2) is 0 Å². The highest BCUT2D eigenvalue weighted by Gasteiger charge is 2.24. The Hall–Kier alpha value is -2.28. The second-order valence-electron chi connectivity index (χ2n) is 7.77. The number of nitrogens with zero attached hydrogens (tertiary/aromatic N) is 3. The molecule has 0 saturated carbocycles. The van der Waals surface area contributed by atoms with Gasteiger partial charge >= 0.3 is 0 Å². The number of hydrogen-bond acceptors (Lipinski definition) is 4. The van der Waals surface area contributed by atoms with Crippen LogP contribution in [-0.2, 0) is 4.79 Å². The number of piperidine rings is 1. The lowest BCUT2D eigenvalue weighted by molar-refractivity contribution is -0.121. The van der Waals surface area contributed by atoms with Crippen molar-refractivity contribution in [3.8, 4) is 5.75 Å². The van der Waals surface area contributed by atoms with Gasteiger partial charge in [0.2, 0.25) is 0 Å². The zero-order valence-corrected chi connectivity index (χ0v) is 17.8. The van der Waals surface area contributed by atoms with Crippen molar-refractivity contribution < 1.29 is 9.53 Å². The number of rotatable bonds is 8. The summed E-state index contributed by atoms with van der Waals surface area (Å²) < 4.78 is 5.50. The van der Waals surface area contributed by atoms with Crippen LogP contribution in [0.2, 0.25) is 0 Å². The normalized spacial score (nSPS) is 18.3. The van der Waals surface area contributed by atoms with E-state index in [0.29, 0.717) is 12.6 Å². The number of guanidine groups is 1. The Morgan fingerprint density at radius 1 is 1.21 bits per heavy atom. The molecule has 160 valence electrons. The molecule has 0 atom stereocenters. The lowest BCUT2D eigenvalue weighted by Crippen LogP contribution is -2.49. The van der Waals surface area contributed by atoms with Crippen molar-refractivity contribution in [2.75, 3.05) is 51.3 Å². The number of unbranched alkanes of at least 4 members (excludes halogenated alkanes) is 1. The quantitative estimate of drug-likeness (QED) is 0.397. The number of fused-ring (bicyclic) bond motifs is 1. The standard InChI is InChI=1S/C22H35N5O2/c1-3-4-13-26-15-10-18(11-16-26)25-22(23-2)24-12-7-14-27-19-8-5-6-9-20(19)29-17-21(27)28/h5-6,8-9,18H,3-4,7,10-17H2,1-2H3,(H2,23,24,25). The molecule has 2 N–H and O–H groups in total. The van der Waals surface area contributed by atoms with Gasteiger partial charge in [0.15, 0.2) is 12.6 Å². The second-order valence-corrected chi connectivity index (χ2v) is 7.77. The van der Waals surface area contributed by atoms with E-state index in [4.69, 9.17) is 4.74 Å². The molecule has 2 aliphatic heterocycles. The molecule has 0 radical (unpaired) electrons. The Labute approximate surface area is 174 Å². The monoisotopic (exact) mass is 401 g/mol. The first-order chi connectivity index (χ1) is 14.2. The molecule has 0 bridgehead atoms. The number of ether oxygens (including phenoxy) is 1. The van der Waals surface area contributed by atoms with Crippen molar-refractivity contribution in [1.29, 1.82) is 0 Å². The summed E-state index contributed by atoms with van der Waals surface area (Å²) in [7, 11) is 1.81. The van der Waals surface area contributed by atoms with Gasteiger partial charge in [-0.05, 0) is 44.4 Å². The number of hydrogen-bond donors (Lipinski definition) is 2. The van der Waals surface area contributed by atoms with Crippen molar-refractivity contribution >= 4 is 17.6 Å². The molecule has 0 aliphatic carbocycles. The molecule has 7 heteroatoms. The number of likely N-dealkylation sites (tertiary alicyclic amines) is 1. The van der Waals surface area contributed by atoms with E-state index in [0.717, 1.165) is 56.3 Å². The van der Waals surface area contributed by atoms with Crippen LogP contribution in [0.25, 0.3) is 0 Å². The molecular weight excluding hydrogens is 366 g/mol. The summed E-state index contributed by atoms with van der Waals surface area (Å²) in [4.78, 5) is 21.0. The average Bonchev–Trinajstić information content (AvgIpc) is 2.76. The molecule has 2 aliphatic rings. The number of carbonyl (C=O) groups is 1. The third-order valence-corrected chi connectivity index (χ3v) is 5.64. The lowest BCUT2D eigenvalue weighted by Gasteiger charge is -2.33. The Balaban J connectivity index is 1.38. The molecule has 0 spiro atoms. The van der Waals surface area contributed by atoms with Gasteiger partial charge in [0.25, 0.3) is 5.91 Å². The molecule has 2 heterocycles. The Kier molecular flexibility index (Phi) is 8.16. The van der Waals surface area contributed by atoms with Crippen molar-refractivity contribution in [2.45, 2.75) is 45.1 Å². The van der Waals surface area contributed by atoms with Crippen molar-refractivity contribution in [3.05, 3.63) is 24.3 Å². The van der Waals surface area contributed by atoms with E-state index in [1.165, 1.54) is 19.4 Å². The number of benzene rings is 1. The van der Waals surface area contributed by atoms with Crippen LogP contribution in [0.4, 0.5) is 5.69 Å². The van der Waals surface area contributed by atoms with Crippen molar-refractivity contribution in [2.24, 2.45) is 4.99 Å². The van der Waals surface area contributed by atoms with Gasteiger partial charge in [0.05, 0.1) is 5.69 Å². The van der Waals surface area contributed by atoms with E-state index >= 15 is 0 Å². The van der Waals surface area contributed by atoms with Crippen LogP contribution in [-0.4, -0.2) is 69.2 Å². The smallest absolute Gasteiger partial charge is 0.265 e. The minimum Gasteiger partial charge on any atom is -0.482 e. The fourth-order valence-electron chi connectivity index (χ4n) is 3.91. The molecule has 1 amide bonds. The summed E-state index contributed by atoms with van der Waals surface area (Å²) in [6, 6.07) is 8.19. The summed E-state index contributed by atoms with van der Waals surface area (Å²) >= 11 is 0. The first kappa shape index (κ1) is 21.4. The van der Waals surface area contributed by atoms with Crippen LogP contribution >= 0.6 is 0 Å². The molecule has 29 heavy (non-hydrogen) atoms. The highest BCUT2D eigenvalue weighted by molar-refractivity contribution is 5.97. The topological polar surface area (TPSA) is 69.2 Å². The number of anilines is 1. The summed E-state index contributed by atoms with van der Waals surface area (Å²) in [6.45, 7) is 7.34. The van der Waals surface area contributed by atoms with Gasteiger partial charge in [0.1, 0.15) is 5.75 Å². The van der Waals surface area contributed by atoms with E-state index in [2.05, 4.69) is 27.4 Å². The van der Waals surface area contributed by atoms with Crippen LogP contribution in [0, 0.1) is 0 Å². The predicted octanol–water partition coefficient (Wildman–Crippen LogP) is 2.23. The highest BCUT2D eigenvalue weighted by atomic mass is 16.5. The van der Waals surface area contributed by atoms with Crippen molar-refractivity contribution in [3.63, 3.8) is 0 Å². The minimum atomic E-state index is 0.0149. The maximum absolute atomic E-state index is 12.2. The zero-order chi connectivity index (χ0) is 20.5. The molecule has 0 aromatic heterocycles. The van der Waals surface area contributed by atoms with Gasteiger partial charge < -0.3 is 25.2 Å². The molecule has 1 aromatic rings. The average molecular weight is 402 g/mol. The predicted molar refractivity (Wildman–Crippen MR) is 118 cm³/mol. The Bertz CT molecular complexity index is 686. The lowest BCUT2D eigenvalue weighted by atomic mass is 10.0.